The van der Waals surface area contributed by atoms with Crippen molar-refractivity contribution in [2.75, 3.05) is 23.8 Å². The maximum Gasteiger partial charge on any atom is 0.127 e. The van der Waals surface area contributed by atoms with Gasteiger partial charge in [-0.05, 0) is 37.5 Å². The summed E-state index contributed by atoms with van der Waals surface area (Å²) in [6, 6.07) is 10.9. The van der Waals surface area contributed by atoms with Gasteiger partial charge in [0.15, 0.2) is 0 Å². The van der Waals surface area contributed by atoms with E-state index in [2.05, 4.69) is 52.5 Å². The fourth-order valence-electron chi connectivity index (χ4n) is 2.72. The minimum atomic E-state index is 0.914. The van der Waals surface area contributed by atoms with E-state index >= 15 is 0 Å². The first-order valence-corrected chi connectivity index (χ1v) is 6.79. The molecule has 0 unspecified atom stereocenters. The van der Waals surface area contributed by atoms with Crippen LogP contribution in [0.1, 0.15) is 17.5 Å². The van der Waals surface area contributed by atoms with E-state index in [0.717, 1.165) is 12.4 Å². The molecule has 0 saturated carbocycles. The number of pyridine rings is 1. The van der Waals surface area contributed by atoms with Crippen LogP contribution in [-0.4, -0.2) is 18.6 Å². The molecule has 0 radical (unpaired) electrons. The van der Waals surface area contributed by atoms with Crippen LogP contribution >= 0.6 is 0 Å². The van der Waals surface area contributed by atoms with Crippen LogP contribution in [0.15, 0.2) is 36.5 Å². The summed E-state index contributed by atoms with van der Waals surface area (Å²) in [5, 5.41) is 3.10. The van der Waals surface area contributed by atoms with E-state index in [4.69, 9.17) is 0 Å². The second-order valence-corrected chi connectivity index (χ2v) is 5.04. The van der Waals surface area contributed by atoms with Crippen LogP contribution in [-0.2, 0) is 6.42 Å². The lowest BCUT2D eigenvalue weighted by atomic mass is 9.99. The number of nitrogens with zero attached hydrogens (tertiary/aromatic N) is 2. The lowest BCUT2D eigenvalue weighted by Crippen LogP contribution is -2.24. The van der Waals surface area contributed by atoms with Crippen molar-refractivity contribution >= 4 is 17.2 Å². The van der Waals surface area contributed by atoms with Crippen LogP contribution in [0, 0.1) is 6.92 Å². The first-order chi connectivity index (χ1) is 9.28. The van der Waals surface area contributed by atoms with Crippen LogP contribution < -0.4 is 10.2 Å². The van der Waals surface area contributed by atoms with Gasteiger partial charge < -0.3 is 10.2 Å². The van der Waals surface area contributed by atoms with Crippen LogP contribution in [0.2, 0.25) is 0 Å². The van der Waals surface area contributed by atoms with Gasteiger partial charge in [-0.3, -0.25) is 0 Å². The largest absolute Gasteiger partial charge is 0.373 e. The van der Waals surface area contributed by atoms with Crippen LogP contribution in [0.5, 0.6) is 0 Å². The predicted octanol–water partition coefficient (Wildman–Crippen LogP) is 3.52. The molecule has 0 aliphatic carbocycles. The topological polar surface area (TPSA) is 28.2 Å². The highest BCUT2D eigenvalue weighted by Crippen LogP contribution is 2.34. The number of aromatic nitrogens is 1. The molecule has 0 saturated heterocycles. The van der Waals surface area contributed by atoms with Gasteiger partial charge in [0.1, 0.15) is 5.82 Å². The molecule has 1 aromatic heterocycles. The average molecular weight is 253 g/mol. The van der Waals surface area contributed by atoms with E-state index in [1.165, 1.54) is 35.3 Å². The summed E-state index contributed by atoms with van der Waals surface area (Å²) in [4.78, 5) is 6.67. The Morgan fingerprint density at radius 2 is 2.11 bits per heavy atom. The molecule has 0 fully saturated rings. The maximum atomic E-state index is 4.29. The highest BCUT2D eigenvalue weighted by atomic mass is 15.1. The van der Waals surface area contributed by atoms with Crippen molar-refractivity contribution in [2.24, 2.45) is 0 Å². The number of rotatable bonds is 2. The fraction of sp³-hybridized carbons (Fsp3) is 0.312. The number of nitrogens with one attached hydrogen (secondary N) is 1. The minimum Gasteiger partial charge on any atom is -0.373 e. The molecule has 3 heteroatoms. The third kappa shape index (κ3) is 2.28. The van der Waals surface area contributed by atoms with Crippen LogP contribution in [0.25, 0.3) is 0 Å². The number of hydrogen-bond donors (Lipinski definition) is 1. The number of aryl methyl sites for hydroxylation is 2. The first kappa shape index (κ1) is 12.0. The second kappa shape index (κ2) is 4.92. The molecular weight excluding hydrogens is 234 g/mol. The van der Waals surface area contributed by atoms with Crippen molar-refractivity contribution in [1.29, 1.82) is 0 Å². The number of fused-ring (bicyclic) bond motifs is 1. The monoisotopic (exact) mass is 253 g/mol. The zero-order valence-electron chi connectivity index (χ0n) is 11.5. The summed E-state index contributed by atoms with van der Waals surface area (Å²) in [5.41, 5.74) is 5.34. The molecule has 1 aliphatic heterocycles. The van der Waals surface area contributed by atoms with Crippen molar-refractivity contribution < 1.29 is 0 Å². The van der Waals surface area contributed by atoms with Crippen molar-refractivity contribution in [1.82, 2.24) is 4.98 Å². The van der Waals surface area contributed by atoms with E-state index in [0.29, 0.717) is 0 Å². The van der Waals surface area contributed by atoms with Gasteiger partial charge in [-0.25, -0.2) is 4.98 Å². The van der Waals surface area contributed by atoms with Crippen molar-refractivity contribution in [3.05, 3.63) is 47.7 Å². The van der Waals surface area contributed by atoms with Crippen molar-refractivity contribution in [3.63, 3.8) is 0 Å². The molecule has 1 aromatic carbocycles. The molecule has 0 amide bonds. The van der Waals surface area contributed by atoms with Gasteiger partial charge in [-0.2, -0.15) is 0 Å². The summed E-state index contributed by atoms with van der Waals surface area (Å²) >= 11 is 0. The van der Waals surface area contributed by atoms with E-state index in [9.17, 15) is 0 Å². The molecule has 2 aromatic rings. The zero-order chi connectivity index (χ0) is 13.2. The Bertz CT molecular complexity index is 592. The van der Waals surface area contributed by atoms with E-state index in [1.807, 2.05) is 13.2 Å². The van der Waals surface area contributed by atoms with Gasteiger partial charge >= 0.3 is 0 Å². The van der Waals surface area contributed by atoms with E-state index in [1.54, 1.807) is 0 Å². The molecule has 0 atom stereocenters. The van der Waals surface area contributed by atoms with Gasteiger partial charge in [0, 0.05) is 37.2 Å². The Morgan fingerprint density at radius 3 is 2.95 bits per heavy atom. The van der Waals surface area contributed by atoms with Gasteiger partial charge in [0.2, 0.25) is 0 Å². The van der Waals surface area contributed by atoms with Gasteiger partial charge in [-0.15, -0.1) is 0 Å². The molecule has 3 rings (SSSR count). The molecule has 98 valence electrons. The molecule has 19 heavy (non-hydrogen) atoms. The minimum absolute atomic E-state index is 0.914. The number of anilines is 3. The van der Waals surface area contributed by atoms with Gasteiger partial charge in [0.05, 0.1) is 0 Å². The van der Waals surface area contributed by atoms with Crippen molar-refractivity contribution in [3.8, 4) is 0 Å². The highest BCUT2D eigenvalue weighted by Gasteiger charge is 2.18. The number of benzene rings is 1. The quantitative estimate of drug-likeness (QED) is 0.887. The van der Waals surface area contributed by atoms with E-state index < -0.39 is 0 Å². The molecule has 0 spiro atoms. The Morgan fingerprint density at radius 1 is 1.21 bits per heavy atom. The standard InChI is InChI=1S/C16H19N3/c1-12-5-6-15-13(10-12)4-3-9-19(15)14-7-8-18-16(11-14)17-2/h5-8,10-11H,3-4,9H2,1-2H3,(H,17,18). The normalized spacial score (nSPS) is 14.1. The fourth-order valence-corrected chi connectivity index (χ4v) is 2.72. The summed E-state index contributed by atoms with van der Waals surface area (Å²) < 4.78 is 0. The summed E-state index contributed by atoms with van der Waals surface area (Å²) in [6.45, 7) is 3.23. The Labute approximate surface area is 114 Å². The average Bonchev–Trinajstić information content (AvgIpc) is 2.46. The molecule has 2 heterocycles. The number of hydrogen-bond acceptors (Lipinski definition) is 3. The third-order valence-electron chi connectivity index (χ3n) is 3.66. The van der Waals surface area contributed by atoms with Gasteiger partial charge in [-0.1, -0.05) is 17.7 Å². The second-order valence-electron chi connectivity index (χ2n) is 5.04. The summed E-state index contributed by atoms with van der Waals surface area (Å²) in [6.07, 6.45) is 4.24. The molecular formula is C16H19N3. The lowest BCUT2D eigenvalue weighted by Gasteiger charge is -2.31. The van der Waals surface area contributed by atoms with Crippen LogP contribution in [0.3, 0.4) is 0 Å². The van der Waals surface area contributed by atoms with E-state index in [-0.39, 0.29) is 0 Å². The van der Waals surface area contributed by atoms with Crippen molar-refractivity contribution in [2.45, 2.75) is 19.8 Å². The first-order valence-electron chi connectivity index (χ1n) is 6.79. The zero-order valence-corrected chi connectivity index (χ0v) is 11.5. The summed E-state index contributed by atoms with van der Waals surface area (Å²) in [7, 11) is 1.90. The SMILES string of the molecule is CNc1cc(N2CCCc3cc(C)ccc32)ccn1. The van der Waals surface area contributed by atoms with Gasteiger partial charge in [0.25, 0.3) is 0 Å². The molecule has 0 bridgehead atoms. The Balaban J connectivity index is 2.03. The Kier molecular flexibility index (Phi) is 3.11. The predicted molar refractivity (Wildman–Crippen MR) is 80.3 cm³/mol. The maximum absolute atomic E-state index is 4.29. The smallest absolute Gasteiger partial charge is 0.127 e. The lowest BCUT2D eigenvalue weighted by molar-refractivity contribution is 0.765. The summed E-state index contributed by atoms with van der Waals surface area (Å²) in [5.74, 6) is 0.914. The molecule has 1 aliphatic rings. The molecule has 3 nitrogen and oxygen atoms in total. The molecule has 1 N–H and O–H groups in total. The van der Waals surface area contributed by atoms with Crippen LogP contribution in [0.4, 0.5) is 17.2 Å². The highest BCUT2D eigenvalue weighted by molar-refractivity contribution is 5.69. The Hall–Kier alpha value is -2.03. The third-order valence-corrected chi connectivity index (χ3v) is 3.66.